The number of aromatic nitrogens is 1. The van der Waals surface area contributed by atoms with E-state index in [2.05, 4.69) is 10.3 Å². The van der Waals surface area contributed by atoms with Gasteiger partial charge in [-0.25, -0.2) is 0 Å². The summed E-state index contributed by atoms with van der Waals surface area (Å²) in [7, 11) is 0. The number of hydrogen-bond donors (Lipinski definition) is 2. The Labute approximate surface area is 116 Å². The van der Waals surface area contributed by atoms with Crippen LogP contribution in [0.5, 0.6) is 0 Å². The molecule has 0 saturated heterocycles. The lowest BCUT2D eigenvalue weighted by Crippen LogP contribution is -2.11. The number of carboxylic acid groups (broad SMARTS) is 1. The van der Waals surface area contributed by atoms with Crippen LogP contribution in [0.15, 0.2) is 36.5 Å². The number of aliphatic carboxylic acids is 1. The minimum absolute atomic E-state index is 0.103. The van der Waals surface area contributed by atoms with Crippen molar-refractivity contribution in [2.24, 2.45) is 0 Å². The summed E-state index contributed by atoms with van der Waals surface area (Å²) >= 11 is 0. The van der Waals surface area contributed by atoms with E-state index in [1.807, 2.05) is 30.3 Å². The van der Waals surface area contributed by atoms with Gasteiger partial charge in [-0.1, -0.05) is 6.07 Å². The van der Waals surface area contributed by atoms with E-state index in [9.17, 15) is 9.59 Å². The molecule has 0 aliphatic rings. The van der Waals surface area contributed by atoms with Crippen LogP contribution in [0, 0.1) is 0 Å². The van der Waals surface area contributed by atoms with E-state index in [1.54, 1.807) is 6.20 Å². The average Bonchev–Trinajstić information content (AvgIpc) is 2.44. The van der Waals surface area contributed by atoms with Crippen LogP contribution in [0.2, 0.25) is 0 Å². The number of carbonyl (C=O) groups excluding carboxylic acids is 1. The normalized spacial score (nSPS) is 10.4. The number of rotatable bonds is 6. The molecule has 0 bridgehead atoms. The van der Waals surface area contributed by atoms with Crippen LogP contribution in [-0.4, -0.2) is 22.0 Å². The van der Waals surface area contributed by atoms with Crippen molar-refractivity contribution in [1.29, 1.82) is 0 Å². The van der Waals surface area contributed by atoms with Crippen molar-refractivity contribution >= 4 is 28.5 Å². The summed E-state index contributed by atoms with van der Waals surface area (Å²) in [6, 6.07) is 9.29. The van der Waals surface area contributed by atoms with Crippen molar-refractivity contribution < 1.29 is 14.7 Å². The first-order valence-corrected chi connectivity index (χ1v) is 6.52. The number of pyridine rings is 1. The van der Waals surface area contributed by atoms with E-state index in [4.69, 9.17) is 5.11 Å². The molecule has 5 nitrogen and oxygen atoms in total. The van der Waals surface area contributed by atoms with Gasteiger partial charge in [0.15, 0.2) is 0 Å². The molecule has 2 rings (SSSR count). The van der Waals surface area contributed by atoms with Crippen LogP contribution in [0.1, 0.15) is 25.7 Å². The quantitative estimate of drug-likeness (QED) is 0.792. The number of fused-ring (bicyclic) bond motifs is 1. The zero-order valence-corrected chi connectivity index (χ0v) is 11.0. The molecule has 2 N–H and O–H groups in total. The first-order valence-electron chi connectivity index (χ1n) is 6.52. The number of benzene rings is 1. The highest BCUT2D eigenvalue weighted by Crippen LogP contribution is 2.21. The van der Waals surface area contributed by atoms with Crippen LogP contribution in [-0.2, 0) is 9.59 Å². The van der Waals surface area contributed by atoms with Crippen LogP contribution < -0.4 is 5.32 Å². The summed E-state index contributed by atoms with van der Waals surface area (Å²) < 4.78 is 0. The molecule has 0 atom stereocenters. The van der Waals surface area contributed by atoms with Crippen molar-refractivity contribution in [2.75, 3.05) is 5.32 Å². The molecule has 0 unspecified atom stereocenters. The van der Waals surface area contributed by atoms with E-state index >= 15 is 0 Å². The van der Waals surface area contributed by atoms with Crippen molar-refractivity contribution in [2.45, 2.75) is 25.7 Å². The molecule has 1 aromatic heterocycles. The number of carboxylic acids is 1. The Kier molecular flexibility index (Phi) is 4.65. The fraction of sp³-hybridized carbons (Fsp3) is 0.267. The largest absolute Gasteiger partial charge is 0.481 e. The zero-order chi connectivity index (χ0) is 14.4. The lowest BCUT2D eigenvalue weighted by Gasteiger charge is -2.08. The van der Waals surface area contributed by atoms with Crippen LogP contribution in [0.3, 0.4) is 0 Å². The maximum atomic E-state index is 11.8. The fourth-order valence-corrected chi connectivity index (χ4v) is 1.99. The Bertz CT molecular complexity index is 620. The van der Waals surface area contributed by atoms with Gasteiger partial charge in [0.05, 0.1) is 11.2 Å². The lowest BCUT2D eigenvalue weighted by atomic mass is 10.1. The monoisotopic (exact) mass is 272 g/mol. The Hall–Kier alpha value is -2.43. The van der Waals surface area contributed by atoms with E-state index in [0.717, 1.165) is 16.6 Å². The molecule has 1 aromatic carbocycles. The fourth-order valence-electron chi connectivity index (χ4n) is 1.99. The smallest absolute Gasteiger partial charge is 0.303 e. The van der Waals surface area contributed by atoms with Gasteiger partial charge in [-0.3, -0.25) is 14.6 Å². The first kappa shape index (κ1) is 14.0. The van der Waals surface area contributed by atoms with E-state index in [1.165, 1.54) is 0 Å². The molecule has 104 valence electrons. The highest BCUT2D eigenvalue weighted by molar-refractivity contribution is 6.00. The summed E-state index contributed by atoms with van der Waals surface area (Å²) in [5, 5.41) is 12.3. The zero-order valence-electron chi connectivity index (χ0n) is 11.0. The predicted molar refractivity (Wildman–Crippen MR) is 76.5 cm³/mol. The lowest BCUT2D eigenvalue weighted by molar-refractivity contribution is -0.137. The third-order valence-corrected chi connectivity index (χ3v) is 2.96. The van der Waals surface area contributed by atoms with Gasteiger partial charge in [-0.2, -0.15) is 0 Å². The van der Waals surface area contributed by atoms with Crippen molar-refractivity contribution in [3.05, 3.63) is 36.5 Å². The molecule has 5 heteroatoms. The van der Waals surface area contributed by atoms with E-state index < -0.39 is 5.97 Å². The second-order valence-electron chi connectivity index (χ2n) is 4.52. The van der Waals surface area contributed by atoms with Crippen molar-refractivity contribution in [1.82, 2.24) is 4.98 Å². The summed E-state index contributed by atoms with van der Waals surface area (Å²) in [5.74, 6) is -0.933. The molecule has 0 fully saturated rings. The summed E-state index contributed by atoms with van der Waals surface area (Å²) in [4.78, 5) is 26.4. The van der Waals surface area contributed by atoms with Crippen molar-refractivity contribution in [3.8, 4) is 0 Å². The van der Waals surface area contributed by atoms with Gasteiger partial charge < -0.3 is 10.4 Å². The SMILES string of the molecule is O=C(O)CCCCC(=O)Nc1cccc2ncccc12. The first-order chi connectivity index (χ1) is 9.66. The Morgan fingerprint density at radius 3 is 2.70 bits per heavy atom. The standard InChI is InChI=1S/C15H16N2O3/c18-14(8-1-2-9-15(19)20)17-13-7-3-6-12-11(13)5-4-10-16-12/h3-7,10H,1-2,8-9H2,(H,17,18)(H,19,20). The molecule has 0 radical (unpaired) electrons. The Balaban J connectivity index is 1.94. The van der Waals surface area contributed by atoms with Gasteiger partial charge in [-0.05, 0) is 37.1 Å². The van der Waals surface area contributed by atoms with E-state index in [-0.39, 0.29) is 12.3 Å². The van der Waals surface area contributed by atoms with Gasteiger partial charge >= 0.3 is 5.97 Å². The Morgan fingerprint density at radius 1 is 1.10 bits per heavy atom. The Morgan fingerprint density at radius 2 is 1.90 bits per heavy atom. The second-order valence-corrected chi connectivity index (χ2v) is 4.52. The number of nitrogens with zero attached hydrogens (tertiary/aromatic N) is 1. The third-order valence-electron chi connectivity index (χ3n) is 2.96. The summed E-state index contributed by atoms with van der Waals surface area (Å²) in [6.45, 7) is 0. The van der Waals surface area contributed by atoms with Crippen molar-refractivity contribution in [3.63, 3.8) is 0 Å². The van der Waals surface area contributed by atoms with Gasteiger partial charge in [-0.15, -0.1) is 0 Å². The van der Waals surface area contributed by atoms with Gasteiger partial charge in [0, 0.05) is 24.4 Å². The number of unbranched alkanes of at least 4 members (excludes halogenated alkanes) is 1. The number of amides is 1. The molecule has 0 aliphatic heterocycles. The minimum Gasteiger partial charge on any atom is -0.481 e. The molecular formula is C15H16N2O3. The van der Waals surface area contributed by atoms with Crippen LogP contribution in [0.4, 0.5) is 5.69 Å². The third kappa shape index (κ3) is 3.78. The summed E-state index contributed by atoms with van der Waals surface area (Å²) in [6.07, 6.45) is 3.22. The maximum Gasteiger partial charge on any atom is 0.303 e. The number of anilines is 1. The molecule has 0 saturated carbocycles. The minimum atomic E-state index is -0.828. The maximum absolute atomic E-state index is 11.8. The molecule has 1 heterocycles. The van der Waals surface area contributed by atoms with Gasteiger partial charge in [0.1, 0.15) is 0 Å². The molecule has 1 amide bonds. The number of hydrogen-bond acceptors (Lipinski definition) is 3. The molecule has 2 aromatic rings. The van der Waals surface area contributed by atoms with E-state index in [0.29, 0.717) is 19.3 Å². The predicted octanol–water partition coefficient (Wildman–Crippen LogP) is 2.82. The van der Waals surface area contributed by atoms with Crippen LogP contribution >= 0.6 is 0 Å². The van der Waals surface area contributed by atoms with Gasteiger partial charge in [0.2, 0.25) is 5.91 Å². The highest BCUT2D eigenvalue weighted by Gasteiger charge is 2.06. The molecule has 0 spiro atoms. The highest BCUT2D eigenvalue weighted by atomic mass is 16.4. The van der Waals surface area contributed by atoms with Gasteiger partial charge in [0.25, 0.3) is 0 Å². The summed E-state index contributed by atoms with van der Waals surface area (Å²) in [5.41, 5.74) is 1.56. The molecular weight excluding hydrogens is 256 g/mol. The second kappa shape index (κ2) is 6.65. The number of carbonyl (C=O) groups is 2. The average molecular weight is 272 g/mol. The molecule has 20 heavy (non-hydrogen) atoms. The molecule has 0 aliphatic carbocycles. The number of nitrogens with one attached hydrogen (secondary N) is 1. The topological polar surface area (TPSA) is 79.3 Å². The van der Waals surface area contributed by atoms with Crippen LogP contribution in [0.25, 0.3) is 10.9 Å².